The Morgan fingerprint density at radius 1 is 0.852 bits per heavy atom. The summed E-state index contributed by atoms with van der Waals surface area (Å²) in [7, 11) is 0. The molecule has 0 unspecified atom stereocenters. The number of carboxylic acid groups (broad SMARTS) is 1. The van der Waals surface area contributed by atoms with Crippen molar-refractivity contribution in [2.24, 2.45) is 0 Å². The van der Waals surface area contributed by atoms with Gasteiger partial charge < -0.3 is 5.11 Å². The molecule has 1 heterocycles. The summed E-state index contributed by atoms with van der Waals surface area (Å²) in [4.78, 5) is 15.8. The van der Waals surface area contributed by atoms with E-state index in [-0.39, 0.29) is 5.56 Å². The molecule has 0 radical (unpaired) electrons. The van der Waals surface area contributed by atoms with E-state index in [1.165, 1.54) is 23.7 Å². The molecule has 0 saturated carbocycles. The van der Waals surface area contributed by atoms with E-state index in [9.17, 15) is 9.18 Å². The first kappa shape index (κ1) is 17.1. The predicted molar refractivity (Wildman–Crippen MR) is 103 cm³/mol. The van der Waals surface area contributed by atoms with Crippen molar-refractivity contribution < 1.29 is 14.3 Å². The number of aromatic carboxylic acids is 1. The van der Waals surface area contributed by atoms with Crippen LogP contribution in [0.5, 0.6) is 0 Å². The molecule has 0 saturated heterocycles. The Morgan fingerprint density at radius 3 is 2.33 bits per heavy atom. The summed E-state index contributed by atoms with van der Waals surface area (Å²) in [6.45, 7) is 0. The molecule has 3 aromatic carbocycles. The van der Waals surface area contributed by atoms with Crippen LogP contribution in [0, 0.1) is 5.82 Å². The molecular formula is C21H13FN2O2S. The molecule has 0 fully saturated rings. The summed E-state index contributed by atoms with van der Waals surface area (Å²) < 4.78 is 18.1. The molecule has 0 bridgehead atoms. The smallest absolute Gasteiger partial charge is 0.338 e. The zero-order valence-corrected chi connectivity index (χ0v) is 14.8. The average molecular weight is 376 g/mol. The topological polar surface area (TPSA) is 63.1 Å². The van der Waals surface area contributed by atoms with Crippen molar-refractivity contribution >= 4 is 17.5 Å². The molecule has 27 heavy (non-hydrogen) atoms. The van der Waals surface area contributed by atoms with Gasteiger partial charge in [-0.05, 0) is 40.9 Å². The number of rotatable bonds is 4. The van der Waals surface area contributed by atoms with Gasteiger partial charge in [0.2, 0.25) is 0 Å². The largest absolute Gasteiger partial charge is 0.478 e. The third-order valence-corrected chi connectivity index (χ3v) is 4.86. The van der Waals surface area contributed by atoms with Crippen LogP contribution < -0.4 is 0 Å². The van der Waals surface area contributed by atoms with Gasteiger partial charge in [0.05, 0.1) is 5.56 Å². The van der Waals surface area contributed by atoms with Crippen LogP contribution in [0.25, 0.3) is 33.1 Å². The lowest BCUT2D eigenvalue weighted by Crippen LogP contribution is -2.00. The highest BCUT2D eigenvalue weighted by Gasteiger charge is 2.13. The van der Waals surface area contributed by atoms with Crippen molar-refractivity contribution in [2.75, 3.05) is 0 Å². The van der Waals surface area contributed by atoms with E-state index in [2.05, 4.69) is 9.36 Å². The molecule has 0 atom stereocenters. The van der Waals surface area contributed by atoms with Crippen molar-refractivity contribution in [3.63, 3.8) is 0 Å². The van der Waals surface area contributed by atoms with Gasteiger partial charge in [0.15, 0.2) is 5.82 Å². The molecule has 4 nitrogen and oxygen atoms in total. The lowest BCUT2D eigenvalue weighted by molar-refractivity contribution is 0.0692. The predicted octanol–water partition coefficient (Wildman–Crippen LogP) is 5.38. The van der Waals surface area contributed by atoms with E-state index in [1.54, 1.807) is 6.07 Å². The minimum Gasteiger partial charge on any atom is -0.478 e. The second kappa shape index (κ2) is 7.09. The zero-order valence-electron chi connectivity index (χ0n) is 14.0. The molecule has 6 heteroatoms. The molecule has 0 aliphatic rings. The van der Waals surface area contributed by atoms with Crippen molar-refractivity contribution in [1.29, 1.82) is 0 Å². The third-order valence-electron chi connectivity index (χ3n) is 4.10. The van der Waals surface area contributed by atoms with Gasteiger partial charge in [-0.25, -0.2) is 14.2 Å². The van der Waals surface area contributed by atoms with Crippen LogP contribution in [0.2, 0.25) is 0 Å². The first-order valence-electron chi connectivity index (χ1n) is 8.14. The SMILES string of the molecule is O=C(O)c1cc(-c2cccc(-c3nsc(-c4ccccc4)n3)c2)ccc1F. The van der Waals surface area contributed by atoms with Gasteiger partial charge in [-0.1, -0.05) is 54.6 Å². The Labute approximate surface area is 158 Å². The van der Waals surface area contributed by atoms with Crippen LogP contribution >= 0.6 is 11.5 Å². The van der Waals surface area contributed by atoms with Crippen LogP contribution in [0.15, 0.2) is 72.8 Å². The van der Waals surface area contributed by atoms with E-state index in [4.69, 9.17) is 5.11 Å². The van der Waals surface area contributed by atoms with Crippen molar-refractivity contribution in [2.45, 2.75) is 0 Å². The summed E-state index contributed by atoms with van der Waals surface area (Å²) in [6, 6.07) is 21.3. The Hall–Kier alpha value is -3.38. The fourth-order valence-corrected chi connectivity index (χ4v) is 3.43. The highest BCUT2D eigenvalue weighted by molar-refractivity contribution is 7.09. The molecule has 0 amide bonds. The lowest BCUT2D eigenvalue weighted by Gasteiger charge is -2.06. The normalized spacial score (nSPS) is 10.7. The molecular weight excluding hydrogens is 363 g/mol. The second-order valence-electron chi connectivity index (χ2n) is 5.87. The number of hydrogen-bond acceptors (Lipinski definition) is 4. The zero-order chi connectivity index (χ0) is 18.8. The van der Waals surface area contributed by atoms with E-state index in [0.717, 1.165) is 21.7 Å². The average Bonchev–Trinajstić information content (AvgIpc) is 3.19. The van der Waals surface area contributed by atoms with Crippen LogP contribution in [0.1, 0.15) is 10.4 Å². The van der Waals surface area contributed by atoms with Gasteiger partial charge in [0.25, 0.3) is 0 Å². The monoisotopic (exact) mass is 376 g/mol. The lowest BCUT2D eigenvalue weighted by atomic mass is 10.0. The molecule has 1 N–H and O–H groups in total. The van der Waals surface area contributed by atoms with Crippen LogP contribution in [-0.2, 0) is 0 Å². The minimum atomic E-state index is -1.29. The Balaban J connectivity index is 1.71. The third kappa shape index (κ3) is 3.47. The molecule has 0 aliphatic carbocycles. The highest BCUT2D eigenvalue weighted by Crippen LogP contribution is 2.29. The van der Waals surface area contributed by atoms with E-state index in [1.807, 2.05) is 54.6 Å². The van der Waals surface area contributed by atoms with E-state index in [0.29, 0.717) is 11.4 Å². The quantitative estimate of drug-likeness (QED) is 0.520. The maximum absolute atomic E-state index is 13.6. The van der Waals surface area contributed by atoms with Gasteiger partial charge >= 0.3 is 5.97 Å². The second-order valence-corrected chi connectivity index (χ2v) is 6.62. The summed E-state index contributed by atoms with van der Waals surface area (Å²) in [5, 5.41) is 9.95. The number of aromatic nitrogens is 2. The van der Waals surface area contributed by atoms with Crippen LogP contribution in [0.4, 0.5) is 4.39 Å². The summed E-state index contributed by atoms with van der Waals surface area (Å²) in [5.74, 6) is -1.45. The van der Waals surface area contributed by atoms with Gasteiger partial charge in [-0.2, -0.15) is 4.37 Å². The molecule has 4 rings (SSSR count). The number of benzene rings is 3. The van der Waals surface area contributed by atoms with Crippen LogP contribution in [-0.4, -0.2) is 20.4 Å². The molecule has 0 spiro atoms. The van der Waals surface area contributed by atoms with Crippen molar-refractivity contribution in [1.82, 2.24) is 9.36 Å². The van der Waals surface area contributed by atoms with Gasteiger partial charge in [-0.3, -0.25) is 0 Å². The fourth-order valence-electron chi connectivity index (χ4n) is 2.75. The molecule has 4 aromatic rings. The van der Waals surface area contributed by atoms with Gasteiger partial charge in [0.1, 0.15) is 10.8 Å². The Kier molecular flexibility index (Phi) is 4.48. The van der Waals surface area contributed by atoms with Crippen molar-refractivity contribution in [3.8, 4) is 33.1 Å². The number of hydrogen-bond donors (Lipinski definition) is 1. The van der Waals surface area contributed by atoms with Crippen LogP contribution in [0.3, 0.4) is 0 Å². The maximum Gasteiger partial charge on any atom is 0.338 e. The number of nitrogens with zero attached hydrogens (tertiary/aromatic N) is 2. The highest BCUT2D eigenvalue weighted by atomic mass is 32.1. The number of halogens is 1. The number of carbonyl (C=O) groups is 1. The maximum atomic E-state index is 13.6. The summed E-state index contributed by atoms with van der Waals surface area (Å²) in [5.41, 5.74) is 2.85. The fraction of sp³-hybridized carbons (Fsp3) is 0. The molecule has 0 aliphatic heterocycles. The summed E-state index contributed by atoms with van der Waals surface area (Å²) >= 11 is 1.32. The standard InChI is InChI=1S/C21H13FN2O2S/c22-18-10-9-15(12-17(18)21(25)26)14-7-4-8-16(11-14)19-23-20(27-24-19)13-5-2-1-3-6-13/h1-12H,(H,25,26). The minimum absolute atomic E-state index is 0.351. The Morgan fingerprint density at radius 2 is 1.56 bits per heavy atom. The Bertz CT molecular complexity index is 1130. The van der Waals surface area contributed by atoms with Gasteiger partial charge in [0, 0.05) is 11.1 Å². The summed E-state index contributed by atoms with van der Waals surface area (Å²) in [6.07, 6.45) is 0. The number of carboxylic acids is 1. The van der Waals surface area contributed by atoms with E-state index < -0.39 is 11.8 Å². The van der Waals surface area contributed by atoms with E-state index >= 15 is 0 Å². The molecule has 132 valence electrons. The van der Waals surface area contributed by atoms with Gasteiger partial charge in [-0.15, -0.1) is 0 Å². The first-order chi connectivity index (χ1) is 13.1. The first-order valence-corrected chi connectivity index (χ1v) is 8.92. The van der Waals surface area contributed by atoms with Crippen molar-refractivity contribution in [3.05, 3.63) is 84.2 Å². The molecule has 1 aromatic heterocycles.